The second-order valence-corrected chi connectivity index (χ2v) is 2.12. The van der Waals surface area contributed by atoms with E-state index in [2.05, 4.69) is 11.6 Å². The predicted octanol–water partition coefficient (Wildman–Crippen LogP) is 1.67. The van der Waals surface area contributed by atoms with Gasteiger partial charge in [0.2, 0.25) is 0 Å². The van der Waals surface area contributed by atoms with Crippen molar-refractivity contribution in [2.45, 2.75) is 6.92 Å². The van der Waals surface area contributed by atoms with Gasteiger partial charge in [-0.25, -0.2) is 4.99 Å². The summed E-state index contributed by atoms with van der Waals surface area (Å²) in [5.41, 5.74) is 6.01. The Hall–Kier alpha value is -0.600. The summed E-state index contributed by atoms with van der Waals surface area (Å²) in [4.78, 5) is 3.84. The molecular weight excluding hydrogens is 148 g/mol. The van der Waals surface area contributed by atoms with Crippen LogP contribution >= 0.6 is 11.6 Å². The van der Waals surface area contributed by atoms with Crippen molar-refractivity contribution in [3.8, 4) is 0 Å². The lowest BCUT2D eigenvalue weighted by molar-refractivity contribution is 1.22. The molecule has 0 saturated carbocycles. The van der Waals surface area contributed by atoms with E-state index in [0.29, 0.717) is 11.7 Å². The summed E-state index contributed by atoms with van der Waals surface area (Å²) in [6, 6.07) is 0. The minimum atomic E-state index is 0.414. The Morgan fingerprint density at radius 2 is 2.40 bits per heavy atom. The molecule has 0 atom stereocenters. The normalized spacial score (nSPS) is 12.5. The van der Waals surface area contributed by atoms with Gasteiger partial charge in [0.1, 0.15) is 5.16 Å². The number of hydrogen-bond donors (Lipinski definition) is 1. The predicted molar refractivity (Wildman–Crippen MR) is 46.3 cm³/mol. The number of halogens is 1. The van der Waals surface area contributed by atoms with E-state index < -0.39 is 0 Å². The topological polar surface area (TPSA) is 38.4 Å². The van der Waals surface area contributed by atoms with Gasteiger partial charge in [-0.15, -0.1) is 0 Å². The number of aliphatic imine (C=N–C) groups is 1. The number of hydrogen-bond acceptors (Lipinski definition) is 2. The van der Waals surface area contributed by atoms with Crippen LogP contribution in [0.3, 0.4) is 0 Å². The van der Waals surface area contributed by atoms with Gasteiger partial charge >= 0.3 is 0 Å². The first-order chi connectivity index (χ1) is 4.70. The Morgan fingerprint density at radius 1 is 1.80 bits per heavy atom. The third-order valence-corrected chi connectivity index (χ3v) is 1.19. The zero-order valence-corrected chi connectivity index (χ0v) is 6.73. The van der Waals surface area contributed by atoms with Crippen LogP contribution in [0.5, 0.6) is 0 Å². The summed E-state index contributed by atoms with van der Waals surface area (Å²) in [5, 5.41) is 0.453. The highest BCUT2D eigenvalue weighted by molar-refractivity contribution is 6.29. The van der Waals surface area contributed by atoms with Crippen molar-refractivity contribution >= 4 is 17.8 Å². The van der Waals surface area contributed by atoms with Crippen LogP contribution in [0, 0.1) is 0 Å². The fourth-order valence-corrected chi connectivity index (χ4v) is 0.329. The lowest BCUT2D eigenvalue weighted by Crippen LogP contribution is -2.02. The SMILES string of the molecule is C=C(/C=N\C(Cl)=C/C)CN. The molecule has 0 aromatic rings. The summed E-state index contributed by atoms with van der Waals surface area (Å²) in [5.74, 6) is 0. The zero-order valence-electron chi connectivity index (χ0n) is 5.97. The summed E-state index contributed by atoms with van der Waals surface area (Å²) in [7, 11) is 0. The Balaban J connectivity index is 3.88. The van der Waals surface area contributed by atoms with E-state index in [1.54, 1.807) is 12.3 Å². The summed E-state index contributed by atoms with van der Waals surface area (Å²) in [6.07, 6.45) is 3.25. The van der Waals surface area contributed by atoms with E-state index in [4.69, 9.17) is 17.3 Å². The van der Waals surface area contributed by atoms with E-state index in [0.717, 1.165) is 5.57 Å². The third kappa shape index (κ3) is 4.30. The van der Waals surface area contributed by atoms with Crippen LogP contribution in [0.4, 0.5) is 0 Å². The van der Waals surface area contributed by atoms with E-state index in [1.165, 1.54) is 0 Å². The van der Waals surface area contributed by atoms with Crippen LogP contribution in [0.15, 0.2) is 28.4 Å². The highest BCUT2D eigenvalue weighted by atomic mass is 35.5. The largest absolute Gasteiger partial charge is 0.326 e. The van der Waals surface area contributed by atoms with Crippen molar-refractivity contribution in [3.63, 3.8) is 0 Å². The molecule has 0 radical (unpaired) electrons. The van der Waals surface area contributed by atoms with Crippen molar-refractivity contribution in [3.05, 3.63) is 23.4 Å². The standard InChI is InChI=1S/C7H11ClN2/c1-3-7(8)10-5-6(2)4-9/h3,5H,2,4,9H2,1H3/b7-3-,10-5-. The Labute approximate surface area is 66.1 Å². The fourth-order valence-electron chi connectivity index (χ4n) is 0.280. The molecule has 0 unspecified atom stereocenters. The Bertz CT molecular complexity index is 170. The maximum atomic E-state index is 5.55. The monoisotopic (exact) mass is 158 g/mol. The molecule has 56 valence electrons. The van der Waals surface area contributed by atoms with Gasteiger partial charge < -0.3 is 5.73 Å². The smallest absolute Gasteiger partial charge is 0.124 e. The molecule has 0 aromatic carbocycles. The van der Waals surface area contributed by atoms with E-state index in [-0.39, 0.29) is 0 Å². The molecule has 0 saturated heterocycles. The molecule has 0 spiro atoms. The van der Waals surface area contributed by atoms with Crippen molar-refractivity contribution < 1.29 is 0 Å². The maximum absolute atomic E-state index is 5.55. The molecule has 0 aliphatic rings. The van der Waals surface area contributed by atoms with E-state index in [1.807, 2.05) is 6.92 Å². The molecule has 2 nitrogen and oxygen atoms in total. The lowest BCUT2D eigenvalue weighted by Gasteiger charge is -1.89. The number of nitrogens with zero attached hydrogens (tertiary/aromatic N) is 1. The molecule has 0 amide bonds. The third-order valence-electron chi connectivity index (χ3n) is 0.871. The molecule has 0 rings (SSSR count). The number of nitrogens with two attached hydrogens (primary N) is 1. The van der Waals surface area contributed by atoms with Crippen LogP contribution in [0.2, 0.25) is 0 Å². The molecule has 0 heterocycles. The van der Waals surface area contributed by atoms with Crippen molar-refractivity contribution in [2.24, 2.45) is 10.7 Å². The lowest BCUT2D eigenvalue weighted by atomic mass is 10.3. The average molecular weight is 159 g/mol. The van der Waals surface area contributed by atoms with Gasteiger partial charge in [0.25, 0.3) is 0 Å². The molecule has 0 fully saturated rings. The number of allylic oxidation sites excluding steroid dienone is 1. The number of rotatable bonds is 3. The molecule has 2 N–H and O–H groups in total. The van der Waals surface area contributed by atoms with Gasteiger partial charge in [0, 0.05) is 12.8 Å². The van der Waals surface area contributed by atoms with E-state index >= 15 is 0 Å². The highest BCUT2D eigenvalue weighted by Crippen LogP contribution is 2.00. The molecule has 0 aromatic heterocycles. The van der Waals surface area contributed by atoms with Gasteiger partial charge in [-0.2, -0.15) is 0 Å². The first-order valence-corrected chi connectivity index (χ1v) is 3.32. The molecule has 0 bridgehead atoms. The van der Waals surface area contributed by atoms with E-state index in [9.17, 15) is 0 Å². The zero-order chi connectivity index (χ0) is 7.98. The average Bonchev–Trinajstić information content (AvgIpc) is 1.99. The summed E-state index contributed by atoms with van der Waals surface area (Å²) >= 11 is 5.55. The second-order valence-electron chi connectivity index (χ2n) is 1.73. The van der Waals surface area contributed by atoms with Gasteiger partial charge in [-0.3, -0.25) is 0 Å². The molecule has 0 aliphatic heterocycles. The van der Waals surface area contributed by atoms with Gasteiger partial charge in [-0.05, 0) is 12.5 Å². The van der Waals surface area contributed by atoms with Crippen molar-refractivity contribution in [1.82, 2.24) is 0 Å². The maximum Gasteiger partial charge on any atom is 0.124 e. The molecule has 0 aliphatic carbocycles. The van der Waals surface area contributed by atoms with Crippen LogP contribution in [0.1, 0.15) is 6.92 Å². The molecule has 10 heavy (non-hydrogen) atoms. The van der Waals surface area contributed by atoms with Gasteiger partial charge in [0.15, 0.2) is 0 Å². The fraction of sp³-hybridized carbons (Fsp3) is 0.286. The minimum absolute atomic E-state index is 0.414. The quantitative estimate of drug-likeness (QED) is 0.493. The Morgan fingerprint density at radius 3 is 2.80 bits per heavy atom. The summed E-state index contributed by atoms with van der Waals surface area (Å²) in [6.45, 7) is 5.84. The van der Waals surface area contributed by atoms with Crippen LogP contribution in [-0.4, -0.2) is 12.8 Å². The van der Waals surface area contributed by atoms with Gasteiger partial charge in [-0.1, -0.05) is 24.3 Å². The van der Waals surface area contributed by atoms with Crippen LogP contribution in [-0.2, 0) is 0 Å². The van der Waals surface area contributed by atoms with Gasteiger partial charge in [0.05, 0.1) is 0 Å². The molecule has 3 heteroatoms. The first kappa shape index (κ1) is 9.40. The highest BCUT2D eigenvalue weighted by Gasteiger charge is 1.83. The van der Waals surface area contributed by atoms with Crippen molar-refractivity contribution in [1.29, 1.82) is 0 Å². The summed E-state index contributed by atoms with van der Waals surface area (Å²) < 4.78 is 0. The minimum Gasteiger partial charge on any atom is -0.326 e. The van der Waals surface area contributed by atoms with Crippen LogP contribution in [0.25, 0.3) is 0 Å². The molecular formula is C7H11ClN2. The second kappa shape index (κ2) is 5.21. The van der Waals surface area contributed by atoms with Crippen LogP contribution < -0.4 is 5.73 Å². The first-order valence-electron chi connectivity index (χ1n) is 2.94. The Kier molecular flexibility index (Phi) is 4.89. The van der Waals surface area contributed by atoms with Crippen molar-refractivity contribution in [2.75, 3.05) is 6.54 Å².